The maximum atomic E-state index is 14.2. The van der Waals surface area contributed by atoms with E-state index in [1.165, 1.54) is 25.2 Å². The predicted octanol–water partition coefficient (Wildman–Crippen LogP) is 4.19. The summed E-state index contributed by atoms with van der Waals surface area (Å²) in [6.07, 6.45) is 1.30. The van der Waals surface area contributed by atoms with Crippen molar-refractivity contribution < 1.29 is 27.5 Å². The molecule has 1 atom stereocenters. The van der Waals surface area contributed by atoms with E-state index in [-0.39, 0.29) is 30.5 Å². The van der Waals surface area contributed by atoms with E-state index in [1.54, 1.807) is 12.1 Å². The summed E-state index contributed by atoms with van der Waals surface area (Å²) in [5.41, 5.74) is 3.00. The molecule has 3 aromatic carbocycles. The Morgan fingerprint density at radius 1 is 0.881 bits per heavy atom. The zero-order valence-corrected chi connectivity index (χ0v) is 26.0. The second-order valence-corrected chi connectivity index (χ2v) is 12.6. The molecule has 3 aromatic rings. The first-order chi connectivity index (χ1) is 19.9. The molecule has 0 aliphatic heterocycles. The molecule has 42 heavy (non-hydrogen) atoms. The lowest BCUT2D eigenvalue weighted by Gasteiger charge is -2.33. The predicted molar refractivity (Wildman–Crippen MR) is 165 cm³/mol. The van der Waals surface area contributed by atoms with Crippen molar-refractivity contribution in [2.45, 2.75) is 39.8 Å². The van der Waals surface area contributed by atoms with Crippen molar-refractivity contribution in [1.29, 1.82) is 0 Å². The number of nitrogens with one attached hydrogen (secondary N) is 1. The van der Waals surface area contributed by atoms with Gasteiger partial charge in [-0.2, -0.15) is 0 Å². The van der Waals surface area contributed by atoms with Crippen LogP contribution >= 0.6 is 0 Å². The molecule has 0 saturated heterocycles. The number of hydrogen-bond donors (Lipinski definition) is 1. The molecule has 0 aliphatic carbocycles. The molecule has 0 unspecified atom stereocenters. The summed E-state index contributed by atoms with van der Waals surface area (Å²) in [4.78, 5) is 29.3. The van der Waals surface area contributed by atoms with Gasteiger partial charge in [0.2, 0.25) is 21.8 Å². The third kappa shape index (κ3) is 8.97. The summed E-state index contributed by atoms with van der Waals surface area (Å²) in [7, 11) is -0.976. The summed E-state index contributed by atoms with van der Waals surface area (Å²) in [6.45, 7) is 6.01. The van der Waals surface area contributed by atoms with Crippen molar-refractivity contribution in [3.63, 3.8) is 0 Å². The van der Waals surface area contributed by atoms with Crippen LogP contribution in [0.15, 0.2) is 72.8 Å². The van der Waals surface area contributed by atoms with Crippen LogP contribution < -0.4 is 19.1 Å². The van der Waals surface area contributed by atoms with Crippen LogP contribution in [0.25, 0.3) is 0 Å². The van der Waals surface area contributed by atoms with Crippen LogP contribution in [-0.4, -0.2) is 64.7 Å². The lowest BCUT2D eigenvalue weighted by atomic mass is 10.0. The molecule has 0 radical (unpaired) electrons. The lowest BCUT2D eigenvalue weighted by molar-refractivity contribution is -0.140. The van der Waals surface area contributed by atoms with Gasteiger partial charge in [-0.15, -0.1) is 0 Å². The van der Waals surface area contributed by atoms with Crippen molar-refractivity contribution >= 4 is 27.5 Å². The largest absolute Gasteiger partial charge is 0.493 e. The zero-order chi connectivity index (χ0) is 30.9. The maximum absolute atomic E-state index is 14.2. The van der Waals surface area contributed by atoms with Crippen LogP contribution in [0, 0.1) is 12.8 Å². The lowest BCUT2D eigenvalue weighted by Crippen LogP contribution is -2.53. The zero-order valence-electron chi connectivity index (χ0n) is 25.2. The highest BCUT2D eigenvalue weighted by Gasteiger charge is 2.33. The molecule has 3 rings (SSSR count). The molecule has 10 heteroatoms. The van der Waals surface area contributed by atoms with Gasteiger partial charge in [-0.3, -0.25) is 13.9 Å². The quantitative estimate of drug-likeness (QED) is 0.300. The second-order valence-electron chi connectivity index (χ2n) is 10.7. The Morgan fingerprint density at radius 3 is 2.10 bits per heavy atom. The molecule has 226 valence electrons. The number of hydrogen-bond acceptors (Lipinski definition) is 6. The van der Waals surface area contributed by atoms with E-state index in [4.69, 9.17) is 9.47 Å². The fraction of sp³-hybridized carbons (Fsp3) is 0.375. The number of amides is 2. The van der Waals surface area contributed by atoms with Gasteiger partial charge in [0.05, 0.1) is 26.2 Å². The Balaban J connectivity index is 2.06. The van der Waals surface area contributed by atoms with Crippen molar-refractivity contribution in [3.8, 4) is 11.5 Å². The fourth-order valence-electron chi connectivity index (χ4n) is 4.46. The van der Waals surface area contributed by atoms with Crippen molar-refractivity contribution in [3.05, 3.63) is 89.5 Å². The van der Waals surface area contributed by atoms with Crippen LogP contribution in [0.1, 0.15) is 30.5 Å². The van der Waals surface area contributed by atoms with Crippen molar-refractivity contribution in [1.82, 2.24) is 10.2 Å². The molecular weight excluding hydrogens is 554 g/mol. The SMILES string of the molecule is COc1ccc(N(CC(=O)N(Cc2ccc(C)cc2)[C@@H](Cc2ccccc2)C(=O)NCC(C)C)S(C)(=O)=O)cc1OC. The molecule has 0 heterocycles. The van der Waals surface area contributed by atoms with E-state index in [0.717, 1.165) is 27.3 Å². The number of carbonyl (C=O) groups is 2. The van der Waals surface area contributed by atoms with Crippen LogP contribution in [-0.2, 0) is 32.6 Å². The number of anilines is 1. The molecule has 9 nitrogen and oxygen atoms in total. The highest BCUT2D eigenvalue weighted by Crippen LogP contribution is 2.32. The van der Waals surface area contributed by atoms with Gasteiger partial charge in [0.1, 0.15) is 12.6 Å². The summed E-state index contributed by atoms with van der Waals surface area (Å²) in [5, 5.41) is 2.98. The summed E-state index contributed by atoms with van der Waals surface area (Å²) in [6, 6.07) is 20.9. The fourth-order valence-corrected chi connectivity index (χ4v) is 5.30. The minimum Gasteiger partial charge on any atom is -0.493 e. The van der Waals surface area contributed by atoms with E-state index in [1.807, 2.05) is 75.4 Å². The van der Waals surface area contributed by atoms with Crippen molar-refractivity contribution in [2.75, 3.05) is 37.9 Å². The molecule has 2 amide bonds. The maximum Gasteiger partial charge on any atom is 0.244 e. The summed E-state index contributed by atoms with van der Waals surface area (Å²) < 4.78 is 37.7. The first kappa shape index (κ1) is 32.5. The van der Waals surface area contributed by atoms with Crippen LogP contribution in [0.3, 0.4) is 0 Å². The molecule has 0 aliphatic rings. The normalized spacial score (nSPS) is 12.0. The van der Waals surface area contributed by atoms with Gasteiger partial charge in [-0.05, 0) is 36.1 Å². The third-order valence-corrected chi connectivity index (χ3v) is 7.90. The van der Waals surface area contributed by atoms with E-state index < -0.39 is 28.5 Å². The van der Waals surface area contributed by atoms with Crippen molar-refractivity contribution in [2.24, 2.45) is 5.92 Å². The monoisotopic (exact) mass is 595 g/mol. The van der Waals surface area contributed by atoms with Gasteiger partial charge in [-0.1, -0.05) is 74.0 Å². The van der Waals surface area contributed by atoms with Gasteiger partial charge >= 0.3 is 0 Å². The average Bonchev–Trinajstić information content (AvgIpc) is 2.96. The molecule has 0 fully saturated rings. The Bertz CT molecular complexity index is 1440. The molecular formula is C32H41N3O6S. The Morgan fingerprint density at radius 2 is 1.52 bits per heavy atom. The molecule has 0 aromatic heterocycles. The molecule has 1 N–H and O–H groups in total. The number of carbonyl (C=O) groups excluding carboxylic acids is 2. The van der Waals surface area contributed by atoms with Crippen LogP contribution in [0.5, 0.6) is 11.5 Å². The number of rotatable bonds is 14. The average molecular weight is 596 g/mol. The summed E-state index contributed by atoms with van der Waals surface area (Å²) in [5.74, 6) is 0.134. The number of nitrogens with zero attached hydrogens (tertiary/aromatic N) is 2. The Hall–Kier alpha value is -4.05. The molecule has 0 bridgehead atoms. The van der Waals surface area contributed by atoms with E-state index in [9.17, 15) is 18.0 Å². The molecule has 0 spiro atoms. The topological polar surface area (TPSA) is 105 Å². The Kier molecular flexibility index (Phi) is 11.4. The minimum atomic E-state index is -3.91. The third-order valence-electron chi connectivity index (χ3n) is 6.76. The van der Waals surface area contributed by atoms with Gasteiger partial charge in [0, 0.05) is 25.6 Å². The second kappa shape index (κ2) is 14.7. The number of benzene rings is 3. The van der Waals surface area contributed by atoms with Crippen LogP contribution in [0.4, 0.5) is 5.69 Å². The number of sulfonamides is 1. The smallest absolute Gasteiger partial charge is 0.244 e. The highest BCUT2D eigenvalue weighted by molar-refractivity contribution is 7.92. The minimum absolute atomic E-state index is 0.120. The Labute approximate surface area is 249 Å². The number of methoxy groups -OCH3 is 2. The van der Waals surface area contributed by atoms with Gasteiger partial charge in [-0.25, -0.2) is 8.42 Å². The standard InChI is InChI=1S/C32H41N3O6S/c1-23(2)20-33-32(37)28(18-25-10-8-7-9-11-25)34(21-26-14-12-24(3)13-15-26)31(36)22-35(42(6,38)39)27-16-17-29(40-4)30(19-27)41-5/h7-17,19,23,28H,18,20-22H2,1-6H3,(H,33,37)/t28-/m0/s1. The first-order valence-electron chi connectivity index (χ1n) is 13.8. The molecule has 0 saturated carbocycles. The summed E-state index contributed by atoms with van der Waals surface area (Å²) >= 11 is 0. The number of ether oxygens (including phenoxy) is 2. The first-order valence-corrected chi connectivity index (χ1v) is 15.6. The van der Waals surface area contributed by atoms with Crippen LogP contribution in [0.2, 0.25) is 0 Å². The number of aryl methyl sites for hydroxylation is 1. The van der Waals surface area contributed by atoms with E-state index in [2.05, 4.69) is 5.32 Å². The van der Waals surface area contributed by atoms with E-state index >= 15 is 0 Å². The van der Waals surface area contributed by atoms with Gasteiger partial charge < -0.3 is 19.7 Å². The van der Waals surface area contributed by atoms with Gasteiger partial charge in [0.15, 0.2) is 11.5 Å². The van der Waals surface area contributed by atoms with E-state index in [0.29, 0.717) is 18.0 Å². The highest BCUT2D eigenvalue weighted by atomic mass is 32.2. The van der Waals surface area contributed by atoms with Gasteiger partial charge in [0.25, 0.3) is 0 Å².